The van der Waals surface area contributed by atoms with Crippen LogP contribution in [-0.2, 0) is 6.54 Å². The Balaban J connectivity index is 1.37. The summed E-state index contributed by atoms with van der Waals surface area (Å²) in [5.41, 5.74) is 3.06. The van der Waals surface area contributed by atoms with Gasteiger partial charge in [-0.15, -0.1) is 0 Å². The zero-order valence-electron chi connectivity index (χ0n) is 16.0. The summed E-state index contributed by atoms with van der Waals surface area (Å²) in [4.78, 5) is 20.8. The van der Waals surface area contributed by atoms with Crippen LogP contribution in [0, 0.1) is 5.82 Å². The summed E-state index contributed by atoms with van der Waals surface area (Å²) in [5, 5.41) is 2.82. The molecule has 30 heavy (non-hydrogen) atoms. The van der Waals surface area contributed by atoms with Crippen molar-refractivity contribution in [3.63, 3.8) is 0 Å². The molecule has 148 valence electrons. The van der Waals surface area contributed by atoms with E-state index in [4.69, 9.17) is 4.74 Å². The highest BCUT2D eigenvalue weighted by Gasteiger charge is 2.07. The molecule has 0 saturated carbocycles. The Labute approximate surface area is 173 Å². The van der Waals surface area contributed by atoms with E-state index >= 15 is 0 Å². The molecule has 5 nitrogen and oxygen atoms in total. The smallest absolute Gasteiger partial charge is 0.321 e. The van der Waals surface area contributed by atoms with Gasteiger partial charge in [0.05, 0.1) is 0 Å². The molecule has 0 spiro atoms. The second kappa shape index (κ2) is 8.96. The summed E-state index contributed by atoms with van der Waals surface area (Å²) in [6.07, 6.45) is 3.35. The third-order valence-corrected chi connectivity index (χ3v) is 4.43. The number of nitrogens with one attached hydrogen (secondary N) is 1. The molecule has 1 aromatic heterocycles. The van der Waals surface area contributed by atoms with Crippen LogP contribution in [0.25, 0.3) is 11.1 Å². The van der Waals surface area contributed by atoms with Gasteiger partial charge in [-0.3, -0.25) is 4.79 Å². The third kappa shape index (κ3) is 4.86. The molecule has 0 aliphatic rings. The fourth-order valence-electron chi connectivity index (χ4n) is 2.81. The molecular formula is C24H18FN3O2. The van der Waals surface area contributed by atoms with E-state index in [-0.39, 0.29) is 17.7 Å². The summed E-state index contributed by atoms with van der Waals surface area (Å²) >= 11 is 0. The Morgan fingerprint density at radius 1 is 0.833 bits per heavy atom. The van der Waals surface area contributed by atoms with Gasteiger partial charge in [-0.25, -0.2) is 14.4 Å². The molecule has 0 saturated heterocycles. The summed E-state index contributed by atoms with van der Waals surface area (Å²) in [5.74, 6) is 0.166. The Morgan fingerprint density at radius 2 is 1.50 bits per heavy atom. The topological polar surface area (TPSA) is 64.1 Å². The van der Waals surface area contributed by atoms with Gasteiger partial charge < -0.3 is 10.1 Å². The van der Waals surface area contributed by atoms with Crippen molar-refractivity contribution >= 4 is 5.91 Å². The lowest BCUT2D eigenvalue weighted by atomic mass is 10.1. The largest absolute Gasteiger partial charge is 0.424 e. The number of halogens is 1. The standard InChI is InChI=1S/C24H18FN3O2/c25-21-12-6-17(7-13-21)14-26-23(29)19-10-8-18(9-11-19)20-15-27-24(28-16-20)30-22-4-2-1-3-5-22/h1-13,15-16H,14H2,(H,26,29). The summed E-state index contributed by atoms with van der Waals surface area (Å²) in [6, 6.07) is 22.8. The Morgan fingerprint density at radius 3 is 2.17 bits per heavy atom. The Hall–Kier alpha value is -4.06. The van der Waals surface area contributed by atoms with E-state index in [9.17, 15) is 9.18 Å². The van der Waals surface area contributed by atoms with Crippen molar-refractivity contribution in [3.8, 4) is 22.9 Å². The van der Waals surface area contributed by atoms with Crippen LogP contribution >= 0.6 is 0 Å². The minimum absolute atomic E-state index is 0.200. The van der Waals surface area contributed by atoms with E-state index in [1.807, 2.05) is 42.5 Å². The molecule has 0 fully saturated rings. The monoisotopic (exact) mass is 399 g/mol. The first-order chi connectivity index (χ1) is 14.7. The van der Waals surface area contributed by atoms with Gasteiger partial charge >= 0.3 is 6.01 Å². The number of rotatable bonds is 6. The van der Waals surface area contributed by atoms with Gasteiger partial charge in [0.2, 0.25) is 0 Å². The van der Waals surface area contributed by atoms with Crippen LogP contribution in [0.4, 0.5) is 4.39 Å². The molecule has 0 aliphatic heterocycles. The van der Waals surface area contributed by atoms with E-state index in [2.05, 4.69) is 15.3 Å². The minimum Gasteiger partial charge on any atom is -0.424 e. The number of benzene rings is 3. The predicted octanol–water partition coefficient (Wildman–Crippen LogP) is 5.01. The van der Waals surface area contributed by atoms with Crippen molar-refractivity contribution < 1.29 is 13.9 Å². The third-order valence-electron chi connectivity index (χ3n) is 4.43. The molecule has 0 atom stereocenters. The maximum Gasteiger partial charge on any atom is 0.321 e. The molecular weight excluding hydrogens is 381 g/mol. The first-order valence-corrected chi connectivity index (χ1v) is 9.35. The minimum atomic E-state index is -0.302. The predicted molar refractivity (Wildman–Crippen MR) is 112 cm³/mol. The molecule has 3 aromatic carbocycles. The van der Waals surface area contributed by atoms with Crippen molar-refractivity contribution in [2.75, 3.05) is 0 Å². The number of hydrogen-bond acceptors (Lipinski definition) is 4. The molecule has 4 rings (SSSR count). The average molecular weight is 399 g/mol. The van der Waals surface area contributed by atoms with E-state index < -0.39 is 0 Å². The molecule has 1 N–H and O–H groups in total. The van der Waals surface area contributed by atoms with Crippen molar-refractivity contribution in [1.82, 2.24) is 15.3 Å². The number of carbonyl (C=O) groups excluding carboxylic acids is 1. The van der Waals surface area contributed by atoms with Crippen LogP contribution in [0.3, 0.4) is 0 Å². The average Bonchev–Trinajstić information content (AvgIpc) is 2.80. The lowest BCUT2D eigenvalue weighted by Gasteiger charge is -2.07. The zero-order valence-corrected chi connectivity index (χ0v) is 16.0. The van der Waals surface area contributed by atoms with Gasteiger partial charge in [0.1, 0.15) is 11.6 Å². The first kappa shape index (κ1) is 19.3. The van der Waals surface area contributed by atoms with Gasteiger partial charge in [-0.1, -0.05) is 42.5 Å². The van der Waals surface area contributed by atoms with E-state index in [0.29, 0.717) is 17.9 Å². The first-order valence-electron chi connectivity index (χ1n) is 9.35. The zero-order chi connectivity index (χ0) is 20.8. The molecule has 4 aromatic rings. The van der Waals surface area contributed by atoms with Crippen LogP contribution in [0.1, 0.15) is 15.9 Å². The highest BCUT2D eigenvalue weighted by atomic mass is 19.1. The molecule has 6 heteroatoms. The quantitative estimate of drug-likeness (QED) is 0.495. The van der Waals surface area contributed by atoms with Gasteiger partial charge in [0.25, 0.3) is 5.91 Å². The van der Waals surface area contributed by atoms with Gasteiger partial charge in [0.15, 0.2) is 0 Å². The second-order valence-electron chi connectivity index (χ2n) is 6.56. The molecule has 1 amide bonds. The van der Waals surface area contributed by atoms with Crippen molar-refractivity contribution in [3.05, 3.63) is 108 Å². The molecule has 0 unspecified atom stereocenters. The van der Waals surface area contributed by atoms with Crippen LogP contribution in [0.15, 0.2) is 91.3 Å². The molecule has 0 aliphatic carbocycles. The number of carbonyl (C=O) groups is 1. The maximum absolute atomic E-state index is 12.9. The van der Waals surface area contributed by atoms with Crippen molar-refractivity contribution in [2.45, 2.75) is 6.54 Å². The number of hydrogen-bond donors (Lipinski definition) is 1. The molecule has 1 heterocycles. The summed E-state index contributed by atoms with van der Waals surface area (Å²) in [6.45, 7) is 0.331. The van der Waals surface area contributed by atoms with E-state index in [0.717, 1.165) is 16.7 Å². The van der Waals surface area contributed by atoms with Gasteiger partial charge in [-0.2, -0.15) is 0 Å². The van der Waals surface area contributed by atoms with Crippen molar-refractivity contribution in [1.29, 1.82) is 0 Å². The van der Waals surface area contributed by atoms with E-state index in [1.54, 1.807) is 36.7 Å². The fourth-order valence-corrected chi connectivity index (χ4v) is 2.81. The van der Waals surface area contributed by atoms with Crippen LogP contribution in [-0.4, -0.2) is 15.9 Å². The van der Waals surface area contributed by atoms with E-state index in [1.165, 1.54) is 12.1 Å². The summed E-state index contributed by atoms with van der Waals surface area (Å²) < 4.78 is 18.5. The number of nitrogens with zero attached hydrogens (tertiary/aromatic N) is 2. The van der Waals surface area contributed by atoms with Crippen LogP contribution < -0.4 is 10.1 Å². The number of aromatic nitrogens is 2. The lowest BCUT2D eigenvalue weighted by Crippen LogP contribution is -2.22. The SMILES string of the molecule is O=C(NCc1ccc(F)cc1)c1ccc(-c2cnc(Oc3ccccc3)nc2)cc1. The Bertz CT molecular complexity index is 1110. The van der Waals surface area contributed by atoms with Crippen LogP contribution in [0.5, 0.6) is 11.8 Å². The highest BCUT2D eigenvalue weighted by molar-refractivity contribution is 5.94. The normalized spacial score (nSPS) is 10.4. The van der Waals surface area contributed by atoms with Gasteiger partial charge in [-0.05, 0) is 47.5 Å². The fraction of sp³-hybridized carbons (Fsp3) is 0.0417. The van der Waals surface area contributed by atoms with Crippen LogP contribution in [0.2, 0.25) is 0 Å². The van der Waals surface area contributed by atoms with Gasteiger partial charge in [0, 0.05) is 30.1 Å². The number of amides is 1. The number of ether oxygens (including phenoxy) is 1. The number of para-hydroxylation sites is 1. The lowest BCUT2D eigenvalue weighted by molar-refractivity contribution is 0.0951. The highest BCUT2D eigenvalue weighted by Crippen LogP contribution is 2.21. The van der Waals surface area contributed by atoms with Crippen molar-refractivity contribution in [2.24, 2.45) is 0 Å². The molecule has 0 bridgehead atoms. The second-order valence-corrected chi connectivity index (χ2v) is 6.56. The Kier molecular flexibility index (Phi) is 5.75. The molecule has 0 radical (unpaired) electrons. The maximum atomic E-state index is 12.9. The summed E-state index contributed by atoms with van der Waals surface area (Å²) in [7, 11) is 0.